The van der Waals surface area contributed by atoms with E-state index in [1.807, 2.05) is 62.4 Å². The van der Waals surface area contributed by atoms with Gasteiger partial charge in [-0.15, -0.1) is 0 Å². The van der Waals surface area contributed by atoms with E-state index in [-0.39, 0.29) is 6.10 Å². The van der Waals surface area contributed by atoms with Gasteiger partial charge in [-0.1, -0.05) is 54.6 Å². The van der Waals surface area contributed by atoms with E-state index >= 15 is 0 Å². The van der Waals surface area contributed by atoms with Crippen LogP contribution in [0.5, 0.6) is 11.5 Å². The van der Waals surface area contributed by atoms with E-state index < -0.39 is 5.97 Å². The molecule has 0 unspecified atom stereocenters. The van der Waals surface area contributed by atoms with Crippen LogP contribution in [0.2, 0.25) is 0 Å². The van der Waals surface area contributed by atoms with Crippen molar-refractivity contribution in [2.75, 3.05) is 0 Å². The van der Waals surface area contributed by atoms with Gasteiger partial charge in [-0.25, -0.2) is 4.79 Å². The van der Waals surface area contributed by atoms with Crippen LogP contribution in [-0.2, 0) is 0 Å². The summed E-state index contributed by atoms with van der Waals surface area (Å²) in [6.07, 6.45) is -0.0147. The summed E-state index contributed by atoms with van der Waals surface area (Å²) in [5.74, 6) is 0.608. The summed E-state index contributed by atoms with van der Waals surface area (Å²) in [4.78, 5) is 12.5. The molecule has 0 amide bonds. The van der Waals surface area contributed by atoms with Crippen molar-refractivity contribution in [1.29, 1.82) is 0 Å². The average molecular weight is 332 g/mol. The fourth-order valence-electron chi connectivity index (χ4n) is 2.50. The van der Waals surface area contributed by atoms with Gasteiger partial charge < -0.3 is 9.47 Å². The second kappa shape index (κ2) is 7.67. The minimum Gasteiger partial charge on any atom is -0.490 e. The number of benzene rings is 3. The number of ether oxygens (including phenoxy) is 2. The Kier molecular flexibility index (Phi) is 5.14. The molecule has 0 spiro atoms. The van der Waals surface area contributed by atoms with Crippen LogP contribution in [-0.4, -0.2) is 12.1 Å². The minimum atomic E-state index is -0.427. The van der Waals surface area contributed by atoms with Gasteiger partial charge in [-0.2, -0.15) is 0 Å². The second-order valence-corrected chi connectivity index (χ2v) is 5.94. The first-order valence-corrected chi connectivity index (χ1v) is 8.27. The Morgan fingerprint density at radius 1 is 0.760 bits per heavy atom. The highest BCUT2D eigenvalue weighted by Gasteiger charge is 2.15. The fraction of sp³-hybridized carbons (Fsp3) is 0.136. The Labute approximate surface area is 147 Å². The lowest BCUT2D eigenvalue weighted by Crippen LogP contribution is -2.13. The van der Waals surface area contributed by atoms with Gasteiger partial charge in [-0.05, 0) is 49.2 Å². The normalized spacial score (nSPS) is 10.5. The molecule has 0 aliphatic heterocycles. The highest BCUT2D eigenvalue weighted by Crippen LogP contribution is 2.24. The molecule has 126 valence electrons. The smallest absolute Gasteiger partial charge is 0.347 e. The fourth-order valence-corrected chi connectivity index (χ4v) is 2.50. The summed E-state index contributed by atoms with van der Waals surface area (Å²) in [6.45, 7) is 3.84. The molecule has 0 saturated carbocycles. The van der Waals surface area contributed by atoms with Crippen LogP contribution in [0.25, 0.3) is 11.1 Å². The molecular weight excluding hydrogens is 312 g/mol. The average Bonchev–Trinajstić information content (AvgIpc) is 2.63. The molecule has 0 heterocycles. The van der Waals surface area contributed by atoms with Crippen LogP contribution in [0.1, 0.15) is 24.2 Å². The summed E-state index contributed by atoms with van der Waals surface area (Å²) in [7, 11) is 0. The van der Waals surface area contributed by atoms with Crippen molar-refractivity contribution in [3.05, 3.63) is 84.4 Å². The van der Waals surface area contributed by atoms with Gasteiger partial charge in [0.25, 0.3) is 0 Å². The zero-order valence-electron chi connectivity index (χ0n) is 14.3. The maximum Gasteiger partial charge on any atom is 0.347 e. The van der Waals surface area contributed by atoms with Gasteiger partial charge in [0.1, 0.15) is 17.1 Å². The van der Waals surface area contributed by atoms with Crippen molar-refractivity contribution in [3.8, 4) is 22.6 Å². The van der Waals surface area contributed by atoms with Crippen molar-refractivity contribution in [3.63, 3.8) is 0 Å². The topological polar surface area (TPSA) is 35.5 Å². The molecule has 0 saturated heterocycles. The molecule has 0 aromatic heterocycles. The molecule has 3 rings (SSSR count). The molecule has 0 N–H and O–H groups in total. The van der Waals surface area contributed by atoms with Gasteiger partial charge in [0, 0.05) is 0 Å². The van der Waals surface area contributed by atoms with Crippen LogP contribution < -0.4 is 9.47 Å². The van der Waals surface area contributed by atoms with Gasteiger partial charge in [0.2, 0.25) is 0 Å². The van der Waals surface area contributed by atoms with Crippen LogP contribution in [0, 0.1) is 0 Å². The number of esters is 1. The molecule has 3 heteroatoms. The lowest BCUT2D eigenvalue weighted by Gasteiger charge is -2.13. The van der Waals surface area contributed by atoms with E-state index in [1.54, 1.807) is 30.3 Å². The standard InChI is InChI=1S/C22H20O3/c1-16(2)24-21-11-7-6-10-20(21)22(23)25-19-14-12-18(13-15-19)17-8-4-3-5-9-17/h3-16H,1-2H3. The third-order valence-corrected chi connectivity index (χ3v) is 3.64. The second-order valence-electron chi connectivity index (χ2n) is 5.94. The zero-order chi connectivity index (χ0) is 17.6. The van der Waals surface area contributed by atoms with E-state index in [4.69, 9.17) is 9.47 Å². The zero-order valence-corrected chi connectivity index (χ0v) is 14.3. The predicted molar refractivity (Wildman–Crippen MR) is 99.0 cm³/mol. The molecule has 3 aromatic carbocycles. The number of hydrogen-bond acceptors (Lipinski definition) is 3. The number of rotatable bonds is 5. The quantitative estimate of drug-likeness (QED) is 0.466. The lowest BCUT2D eigenvalue weighted by molar-refractivity contribution is 0.0728. The number of carbonyl (C=O) groups excluding carboxylic acids is 1. The largest absolute Gasteiger partial charge is 0.490 e. The molecule has 0 atom stereocenters. The summed E-state index contributed by atoms with van der Waals surface area (Å²) in [6, 6.07) is 24.6. The van der Waals surface area contributed by atoms with Gasteiger partial charge >= 0.3 is 5.97 Å². The van der Waals surface area contributed by atoms with E-state index in [9.17, 15) is 4.79 Å². The molecule has 3 nitrogen and oxygen atoms in total. The summed E-state index contributed by atoms with van der Waals surface area (Å²) >= 11 is 0. The van der Waals surface area contributed by atoms with E-state index in [1.165, 1.54) is 0 Å². The SMILES string of the molecule is CC(C)Oc1ccccc1C(=O)Oc1ccc(-c2ccccc2)cc1. The third kappa shape index (κ3) is 4.27. The maximum absolute atomic E-state index is 12.5. The highest BCUT2D eigenvalue weighted by atomic mass is 16.5. The summed E-state index contributed by atoms with van der Waals surface area (Å²) in [5, 5.41) is 0. The molecule has 3 aromatic rings. The molecule has 0 radical (unpaired) electrons. The van der Waals surface area contributed by atoms with Crippen molar-refractivity contribution in [2.45, 2.75) is 20.0 Å². The first-order chi connectivity index (χ1) is 12.1. The van der Waals surface area contributed by atoms with E-state index in [0.717, 1.165) is 11.1 Å². The molecular formula is C22H20O3. The van der Waals surface area contributed by atoms with E-state index in [0.29, 0.717) is 17.1 Å². The molecule has 25 heavy (non-hydrogen) atoms. The number of hydrogen-bond donors (Lipinski definition) is 0. The van der Waals surface area contributed by atoms with Crippen LogP contribution in [0.4, 0.5) is 0 Å². The Bertz CT molecular complexity index is 837. The lowest BCUT2D eigenvalue weighted by atomic mass is 10.1. The van der Waals surface area contributed by atoms with Crippen LogP contribution in [0.15, 0.2) is 78.9 Å². The van der Waals surface area contributed by atoms with Crippen LogP contribution >= 0.6 is 0 Å². The van der Waals surface area contributed by atoms with Gasteiger partial charge in [0.05, 0.1) is 6.10 Å². The molecule has 0 fully saturated rings. The third-order valence-electron chi connectivity index (χ3n) is 3.64. The van der Waals surface area contributed by atoms with Gasteiger partial charge in [-0.3, -0.25) is 0 Å². The Morgan fingerprint density at radius 3 is 2.04 bits per heavy atom. The maximum atomic E-state index is 12.5. The van der Waals surface area contributed by atoms with Crippen molar-refractivity contribution >= 4 is 5.97 Å². The van der Waals surface area contributed by atoms with Gasteiger partial charge in [0.15, 0.2) is 0 Å². The highest BCUT2D eigenvalue weighted by molar-refractivity contribution is 5.94. The summed E-state index contributed by atoms with van der Waals surface area (Å²) < 4.78 is 11.2. The van der Waals surface area contributed by atoms with Crippen LogP contribution in [0.3, 0.4) is 0 Å². The Balaban J connectivity index is 1.76. The van der Waals surface area contributed by atoms with E-state index in [2.05, 4.69) is 0 Å². The summed E-state index contributed by atoms with van der Waals surface area (Å²) in [5.41, 5.74) is 2.61. The minimum absolute atomic E-state index is 0.0147. The van der Waals surface area contributed by atoms with Crippen molar-refractivity contribution < 1.29 is 14.3 Å². The Hall–Kier alpha value is -3.07. The predicted octanol–water partition coefficient (Wildman–Crippen LogP) is 5.36. The monoisotopic (exact) mass is 332 g/mol. The Morgan fingerprint density at radius 2 is 1.36 bits per heavy atom. The number of para-hydroxylation sites is 1. The molecule has 0 aliphatic rings. The molecule has 0 bridgehead atoms. The van der Waals surface area contributed by atoms with Crippen molar-refractivity contribution in [1.82, 2.24) is 0 Å². The van der Waals surface area contributed by atoms with Crippen molar-refractivity contribution in [2.24, 2.45) is 0 Å². The first kappa shape index (κ1) is 16.8. The first-order valence-electron chi connectivity index (χ1n) is 8.27. The molecule has 0 aliphatic carbocycles. The number of carbonyl (C=O) groups is 1.